The lowest BCUT2D eigenvalue weighted by Gasteiger charge is -2.38. The van der Waals surface area contributed by atoms with Crippen LogP contribution in [0.15, 0.2) is 16.8 Å². The van der Waals surface area contributed by atoms with E-state index in [1.165, 1.54) is 11.3 Å². The number of hydrogen-bond acceptors (Lipinski definition) is 6. The fraction of sp³-hybridized carbons (Fsp3) is 0.600. The van der Waals surface area contributed by atoms with Gasteiger partial charge in [0.05, 0.1) is 18.9 Å². The molecule has 1 amide bonds. The maximum Gasteiger partial charge on any atom is 0.263 e. The molecule has 2 aromatic rings. The SMILES string of the molecule is CCC(CC)C(CNC(=O)c1sc(-c2ccsc2)nc1C)N1CCOCC1. The van der Waals surface area contributed by atoms with E-state index in [-0.39, 0.29) is 5.91 Å². The molecular weight excluding hydrogens is 378 g/mol. The molecule has 1 aliphatic rings. The van der Waals surface area contributed by atoms with Crippen LogP contribution in [-0.2, 0) is 4.74 Å². The van der Waals surface area contributed by atoms with Gasteiger partial charge < -0.3 is 10.1 Å². The number of aromatic nitrogens is 1. The number of rotatable bonds is 8. The number of carbonyl (C=O) groups excluding carboxylic acids is 1. The van der Waals surface area contributed by atoms with Gasteiger partial charge in [0.2, 0.25) is 0 Å². The Kier molecular flexibility index (Phi) is 7.41. The number of nitrogens with zero attached hydrogens (tertiary/aromatic N) is 2. The van der Waals surface area contributed by atoms with Crippen molar-refractivity contribution in [2.45, 2.75) is 39.7 Å². The maximum absolute atomic E-state index is 12.9. The van der Waals surface area contributed by atoms with Crippen molar-refractivity contribution in [1.29, 1.82) is 0 Å². The van der Waals surface area contributed by atoms with Crippen molar-refractivity contribution >= 4 is 28.6 Å². The van der Waals surface area contributed by atoms with E-state index in [1.54, 1.807) is 11.3 Å². The Morgan fingerprint density at radius 1 is 1.33 bits per heavy atom. The third kappa shape index (κ3) is 4.96. The molecule has 1 saturated heterocycles. The second kappa shape index (κ2) is 9.78. The number of thiophene rings is 1. The fourth-order valence-electron chi connectivity index (χ4n) is 3.73. The summed E-state index contributed by atoms with van der Waals surface area (Å²) >= 11 is 3.13. The molecule has 148 valence electrons. The zero-order chi connectivity index (χ0) is 19.2. The highest BCUT2D eigenvalue weighted by molar-refractivity contribution is 7.17. The Balaban J connectivity index is 1.68. The summed E-state index contributed by atoms with van der Waals surface area (Å²) in [4.78, 5) is 20.7. The molecule has 3 heterocycles. The van der Waals surface area contributed by atoms with Crippen molar-refractivity contribution in [3.05, 3.63) is 27.4 Å². The Morgan fingerprint density at radius 2 is 2.07 bits per heavy atom. The fourth-order valence-corrected chi connectivity index (χ4v) is 5.42. The third-order valence-electron chi connectivity index (χ3n) is 5.35. The van der Waals surface area contributed by atoms with E-state index in [4.69, 9.17) is 4.74 Å². The number of thiazole rings is 1. The minimum atomic E-state index is -0.00399. The van der Waals surface area contributed by atoms with Crippen LogP contribution in [0.25, 0.3) is 10.6 Å². The standard InChI is InChI=1S/C20H29N3O2S2/c1-4-15(5-2)17(23-7-9-25-10-8-23)12-21-19(24)18-14(3)22-20(27-18)16-6-11-26-13-16/h6,11,13,15,17H,4-5,7-10,12H2,1-3H3,(H,21,24). The van der Waals surface area contributed by atoms with Gasteiger partial charge in [-0.05, 0) is 24.3 Å². The van der Waals surface area contributed by atoms with E-state index in [9.17, 15) is 4.79 Å². The normalized spacial score (nSPS) is 16.6. The van der Waals surface area contributed by atoms with Crippen LogP contribution in [0.2, 0.25) is 0 Å². The molecule has 1 atom stereocenters. The molecule has 1 fully saturated rings. The van der Waals surface area contributed by atoms with E-state index in [1.807, 2.05) is 18.4 Å². The second-order valence-electron chi connectivity index (χ2n) is 6.95. The van der Waals surface area contributed by atoms with Crippen molar-refractivity contribution in [2.75, 3.05) is 32.8 Å². The molecule has 3 rings (SSSR count). The Labute approximate surface area is 169 Å². The molecule has 0 saturated carbocycles. The van der Waals surface area contributed by atoms with Gasteiger partial charge in [-0.1, -0.05) is 26.7 Å². The molecule has 27 heavy (non-hydrogen) atoms. The number of aryl methyl sites for hydroxylation is 1. The van der Waals surface area contributed by atoms with Gasteiger partial charge >= 0.3 is 0 Å². The summed E-state index contributed by atoms with van der Waals surface area (Å²) in [5.74, 6) is 0.572. The number of amides is 1. The first-order valence-electron chi connectivity index (χ1n) is 9.74. The molecular formula is C20H29N3O2S2. The van der Waals surface area contributed by atoms with Gasteiger partial charge in [-0.3, -0.25) is 9.69 Å². The molecule has 0 radical (unpaired) electrons. The average molecular weight is 408 g/mol. The van der Waals surface area contributed by atoms with Gasteiger partial charge in [0.1, 0.15) is 9.88 Å². The number of ether oxygens (including phenoxy) is 1. The van der Waals surface area contributed by atoms with Gasteiger partial charge in [-0.15, -0.1) is 11.3 Å². The summed E-state index contributed by atoms with van der Waals surface area (Å²) in [7, 11) is 0. The summed E-state index contributed by atoms with van der Waals surface area (Å²) in [5.41, 5.74) is 1.90. The Bertz CT molecular complexity index is 720. The summed E-state index contributed by atoms with van der Waals surface area (Å²) < 4.78 is 5.51. The van der Waals surface area contributed by atoms with Crippen LogP contribution >= 0.6 is 22.7 Å². The van der Waals surface area contributed by atoms with Crippen LogP contribution in [0.5, 0.6) is 0 Å². The number of nitrogens with one attached hydrogen (secondary N) is 1. The monoisotopic (exact) mass is 407 g/mol. The van der Waals surface area contributed by atoms with Crippen molar-refractivity contribution in [2.24, 2.45) is 5.92 Å². The van der Waals surface area contributed by atoms with Gasteiger partial charge in [-0.2, -0.15) is 11.3 Å². The minimum Gasteiger partial charge on any atom is -0.379 e. The van der Waals surface area contributed by atoms with Crippen LogP contribution in [0.1, 0.15) is 42.1 Å². The van der Waals surface area contributed by atoms with E-state index < -0.39 is 0 Å². The molecule has 0 spiro atoms. The van der Waals surface area contributed by atoms with Crippen LogP contribution in [0.3, 0.4) is 0 Å². The van der Waals surface area contributed by atoms with Crippen LogP contribution in [0.4, 0.5) is 0 Å². The highest BCUT2D eigenvalue weighted by atomic mass is 32.1. The van der Waals surface area contributed by atoms with E-state index in [0.29, 0.717) is 18.5 Å². The number of hydrogen-bond donors (Lipinski definition) is 1. The van der Waals surface area contributed by atoms with Gasteiger partial charge in [0, 0.05) is 36.6 Å². The lowest BCUT2D eigenvalue weighted by molar-refractivity contribution is 0.00192. The molecule has 2 aromatic heterocycles. The summed E-state index contributed by atoms with van der Waals surface area (Å²) in [6, 6.07) is 2.41. The van der Waals surface area contributed by atoms with Crippen molar-refractivity contribution < 1.29 is 9.53 Å². The summed E-state index contributed by atoms with van der Waals surface area (Å²) in [5, 5.41) is 8.22. The van der Waals surface area contributed by atoms with Crippen molar-refractivity contribution in [1.82, 2.24) is 15.2 Å². The molecule has 5 nitrogen and oxygen atoms in total. The third-order valence-corrected chi connectivity index (χ3v) is 7.24. The number of morpholine rings is 1. The van der Waals surface area contributed by atoms with Crippen LogP contribution < -0.4 is 5.32 Å². The first-order chi connectivity index (χ1) is 13.1. The average Bonchev–Trinajstić information content (AvgIpc) is 3.35. The predicted molar refractivity (Wildman–Crippen MR) is 113 cm³/mol. The van der Waals surface area contributed by atoms with E-state index in [2.05, 4.69) is 34.4 Å². The highest BCUT2D eigenvalue weighted by Crippen LogP contribution is 2.29. The van der Waals surface area contributed by atoms with Crippen LogP contribution in [-0.4, -0.2) is 54.7 Å². The van der Waals surface area contributed by atoms with Crippen LogP contribution in [0, 0.1) is 12.8 Å². The Morgan fingerprint density at radius 3 is 2.70 bits per heavy atom. The van der Waals surface area contributed by atoms with Gasteiger partial charge in [0.25, 0.3) is 5.91 Å². The van der Waals surface area contributed by atoms with E-state index in [0.717, 1.165) is 60.3 Å². The largest absolute Gasteiger partial charge is 0.379 e. The molecule has 0 aromatic carbocycles. The lowest BCUT2D eigenvalue weighted by atomic mass is 9.92. The quantitative estimate of drug-likeness (QED) is 0.717. The Hall–Kier alpha value is -1.28. The molecule has 0 aliphatic carbocycles. The molecule has 7 heteroatoms. The zero-order valence-electron chi connectivity index (χ0n) is 16.4. The lowest BCUT2D eigenvalue weighted by Crippen LogP contribution is -2.52. The molecule has 1 N–H and O–H groups in total. The number of carbonyl (C=O) groups is 1. The first-order valence-corrected chi connectivity index (χ1v) is 11.5. The van der Waals surface area contributed by atoms with E-state index >= 15 is 0 Å². The topological polar surface area (TPSA) is 54.5 Å². The maximum atomic E-state index is 12.9. The minimum absolute atomic E-state index is 0.00399. The van der Waals surface area contributed by atoms with Gasteiger partial charge in [0.15, 0.2) is 0 Å². The smallest absolute Gasteiger partial charge is 0.263 e. The molecule has 1 aliphatic heterocycles. The highest BCUT2D eigenvalue weighted by Gasteiger charge is 2.28. The molecule has 0 bridgehead atoms. The van der Waals surface area contributed by atoms with Crippen molar-refractivity contribution in [3.8, 4) is 10.6 Å². The summed E-state index contributed by atoms with van der Waals surface area (Å²) in [6.45, 7) is 10.5. The van der Waals surface area contributed by atoms with Gasteiger partial charge in [-0.25, -0.2) is 4.98 Å². The summed E-state index contributed by atoms with van der Waals surface area (Å²) in [6.07, 6.45) is 2.24. The predicted octanol–water partition coefficient (Wildman–Crippen LogP) is 4.05. The first kappa shape index (κ1) is 20.5. The second-order valence-corrected chi connectivity index (χ2v) is 8.73. The molecule has 1 unspecified atom stereocenters. The zero-order valence-corrected chi connectivity index (χ0v) is 18.0. The van der Waals surface area contributed by atoms with Crippen molar-refractivity contribution in [3.63, 3.8) is 0 Å².